The molecule has 4 heterocycles. The Morgan fingerprint density at radius 3 is 2.55 bits per heavy atom. The van der Waals surface area contributed by atoms with Gasteiger partial charge in [-0.3, -0.25) is 9.69 Å². The Morgan fingerprint density at radius 1 is 1.12 bits per heavy atom. The first-order valence-corrected chi connectivity index (χ1v) is 11.7. The van der Waals surface area contributed by atoms with Crippen LogP contribution in [0.1, 0.15) is 32.1 Å². The maximum absolute atomic E-state index is 13.4. The van der Waals surface area contributed by atoms with Crippen LogP contribution in [0.2, 0.25) is 0 Å². The predicted octanol–water partition coefficient (Wildman–Crippen LogP) is 4.40. The van der Waals surface area contributed by atoms with Crippen LogP contribution in [-0.2, 0) is 6.54 Å². The Hall–Kier alpha value is -3.54. The molecule has 0 N–H and O–H groups in total. The van der Waals surface area contributed by atoms with Crippen LogP contribution in [0.5, 0.6) is 0 Å². The Morgan fingerprint density at radius 2 is 1.88 bits per heavy atom. The van der Waals surface area contributed by atoms with Gasteiger partial charge in [0, 0.05) is 38.1 Å². The van der Waals surface area contributed by atoms with Crippen molar-refractivity contribution in [2.45, 2.75) is 20.4 Å². The predicted molar refractivity (Wildman–Crippen MR) is 127 cm³/mol. The van der Waals surface area contributed by atoms with Crippen molar-refractivity contribution in [1.29, 1.82) is 5.26 Å². The Labute approximate surface area is 195 Å². The number of aryl methyl sites for hydroxylation is 2. The molecule has 0 unspecified atom stereocenters. The molecule has 1 aromatic carbocycles. The fourth-order valence-corrected chi connectivity index (χ4v) is 5.45. The van der Waals surface area contributed by atoms with E-state index < -0.39 is 0 Å². The van der Waals surface area contributed by atoms with Crippen LogP contribution >= 0.6 is 11.3 Å². The zero-order valence-electron chi connectivity index (χ0n) is 18.5. The van der Waals surface area contributed by atoms with Crippen LogP contribution in [0, 0.1) is 25.2 Å². The minimum Gasteiger partial charge on any atom is -0.461 e. The van der Waals surface area contributed by atoms with Gasteiger partial charge in [0.2, 0.25) is 0 Å². The molecule has 166 valence electrons. The number of hydrogen-bond acceptors (Lipinski definition) is 7. The third kappa shape index (κ3) is 4.13. The summed E-state index contributed by atoms with van der Waals surface area (Å²) in [5.41, 5.74) is 3.65. The van der Waals surface area contributed by atoms with Crippen molar-refractivity contribution in [1.82, 2.24) is 19.8 Å². The minimum absolute atomic E-state index is 0.0625. The molecule has 5 rings (SSSR count). The highest BCUT2D eigenvalue weighted by atomic mass is 32.1. The van der Waals surface area contributed by atoms with Gasteiger partial charge in [0.05, 0.1) is 28.5 Å². The molecule has 1 aliphatic heterocycles. The van der Waals surface area contributed by atoms with Crippen molar-refractivity contribution in [3.05, 3.63) is 69.9 Å². The van der Waals surface area contributed by atoms with E-state index in [1.54, 1.807) is 6.26 Å². The third-order valence-electron chi connectivity index (χ3n) is 6.06. The number of rotatable bonds is 4. The average Bonchev–Trinajstić information content (AvgIpc) is 3.48. The highest BCUT2D eigenvalue weighted by molar-refractivity contribution is 7.20. The van der Waals surface area contributed by atoms with E-state index >= 15 is 0 Å². The fourth-order valence-electron chi connectivity index (χ4n) is 4.25. The van der Waals surface area contributed by atoms with Gasteiger partial charge in [0.25, 0.3) is 5.91 Å². The summed E-state index contributed by atoms with van der Waals surface area (Å²) in [6.07, 6.45) is 1.61. The standard InChI is InChI=1S/C25H23N5O2S/c1-16-21-17(2)27-23(20-4-3-13-32-20)28-24(21)33-22(16)25(31)30-11-9-29(10-12-30)15-19-7-5-18(14-26)6-8-19/h3-8,13H,9-12,15H2,1-2H3. The van der Waals surface area contributed by atoms with E-state index in [4.69, 9.17) is 9.68 Å². The quantitative estimate of drug-likeness (QED) is 0.452. The van der Waals surface area contributed by atoms with Crippen molar-refractivity contribution >= 4 is 27.5 Å². The first kappa shape index (κ1) is 21.3. The Balaban J connectivity index is 1.30. The van der Waals surface area contributed by atoms with Gasteiger partial charge >= 0.3 is 0 Å². The van der Waals surface area contributed by atoms with E-state index in [1.165, 1.54) is 16.9 Å². The van der Waals surface area contributed by atoms with E-state index in [1.807, 2.05) is 55.1 Å². The van der Waals surface area contributed by atoms with E-state index in [-0.39, 0.29) is 5.91 Å². The van der Waals surface area contributed by atoms with E-state index in [9.17, 15) is 4.79 Å². The monoisotopic (exact) mass is 457 g/mol. The van der Waals surface area contributed by atoms with Gasteiger partial charge in [-0.15, -0.1) is 11.3 Å². The molecule has 33 heavy (non-hydrogen) atoms. The molecule has 1 aliphatic rings. The normalized spacial score (nSPS) is 14.5. The number of carbonyl (C=O) groups excluding carboxylic acids is 1. The van der Waals surface area contributed by atoms with Crippen LogP contribution in [0.25, 0.3) is 21.8 Å². The topological polar surface area (TPSA) is 86.3 Å². The molecule has 3 aromatic heterocycles. The van der Waals surface area contributed by atoms with E-state index in [0.29, 0.717) is 30.2 Å². The second kappa shape index (κ2) is 8.77. The summed E-state index contributed by atoms with van der Waals surface area (Å²) in [7, 11) is 0. The number of fused-ring (bicyclic) bond motifs is 1. The summed E-state index contributed by atoms with van der Waals surface area (Å²) < 4.78 is 5.45. The zero-order valence-corrected chi connectivity index (χ0v) is 19.4. The maximum atomic E-state index is 13.4. The number of carbonyl (C=O) groups is 1. The van der Waals surface area contributed by atoms with Crippen LogP contribution in [0.4, 0.5) is 0 Å². The highest BCUT2D eigenvalue weighted by Gasteiger charge is 2.27. The van der Waals surface area contributed by atoms with E-state index in [0.717, 1.165) is 46.0 Å². The lowest BCUT2D eigenvalue weighted by Crippen LogP contribution is -2.48. The van der Waals surface area contributed by atoms with Crippen molar-refractivity contribution in [2.24, 2.45) is 0 Å². The Bertz CT molecular complexity index is 1340. The molecule has 0 aliphatic carbocycles. The molecule has 4 aromatic rings. The summed E-state index contributed by atoms with van der Waals surface area (Å²) >= 11 is 1.43. The van der Waals surface area contributed by atoms with Crippen LogP contribution in [-0.4, -0.2) is 51.9 Å². The number of hydrogen-bond donors (Lipinski definition) is 0. The molecule has 0 saturated carbocycles. The van der Waals surface area contributed by atoms with Gasteiger partial charge < -0.3 is 9.32 Å². The van der Waals surface area contributed by atoms with Gasteiger partial charge in [-0.25, -0.2) is 9.97 Å². The molecule has 0 spiro atoms. The zero-order chi connectivity index (χ0) is 22.9. The number of aromatic nitrogens is 2. The second-order valence-electron chi connectivity index (χ2n) is 8.22. The van der Waals surface area contributed by atoms with Gasteiger partial charge in [0.15, 0.2) is 11.6 Å². The smallest absolute Gasteiger partial charge is 0.264 e. The Kier molecular flexibility index (Phi) is 5.67. The molecule has 1 saturated heterocycles. The number of furan rings is 1. The lowest BCUT2D eigenvalue weighted by molar-refractivity contribution is 0.0632. The summed E-state index contributed by atoms with van der Waals surface area (Å²) in [5.74, 6) is 1.23. The summed E-state index contributed by atoms with van der Waals surface area (Å²) in [5, 5.41) is 9.91. The molecular formula is C25H23N5O2S. The molecule has 0 bridgehead atoms. The summed E-state index contributed by atoms with van der Waals surface area (Å²) in [4.78, 5) is 28.5. The van der Waals surface area contributed by atoms with Crippen molar-refractivity contribution in [2.75, 3.05) is 26.2 Å². The first-order valence-electron chi connectivity index (χ1n) is 10.9. The highest BCUT2D eigenvalue weighted by Crippen LogP contribution is 2.34. The number of benzene rings is 1. The number of amides is 1. The van der Waals surface area contributed by atoms with Gasteiger partial charge in [-0.2, -0.15) is 5.26 Å². The SMILES string of the molecule is Cc1nc(-c2ccco2)nc2sc(C(=O)N3CCN(Cc4ccc(C#N)cc4)CC3)c(C)c12. The lowest BCUT2D eigenvalue weighted by atomic mass is 10.1. The van der Waals surface area contributed by atoms with Crippen molar-refractivity contribution in [3.8, 4) is 17.7 Å². The number of nitriles is 1. The number of piperazine rings is 1. The minimum atomic E-state index is 0.0625. The van der Waals surface area contributed by atoms with E-state index in [2.05, 4.69) is 20.9 Å². The molecule has 0 atom stereocenters. The molecular weight excluding hydrogens is 434 g/mol. The number of nitrogens with zero attached hydrogens (tertiary/aromatic N) is 5. The molecule has 1 amide bonds. The summed E-state index contributed by atoms with van der Waals surface area (Å²) in [6, 6.07) is 13.5. The van der Waals surface area contributed by atoms with Gasteiger partial charge in [-0.1, -0.05) is 12.1 Å². The largest absolute Gasteiger partial charge is 0.461 e. The van der Waals surface area contributed by atoms with Crippen LogP contribution < -0.4 is 0 Å². The number of thiophene rings is 1. The average molecular weight is 458 g/mol. The molecule has 0 radical (unpaired) electrons. The molecule has 1 fully saturated rings. The second-order valence-corrected chi connectivity index (χ2v) is 9.22. The summed E-state index contributed by atoms with van der Waals surface area (Å²) in [6.45, 7) is 7.76. The first-order chi connectivity index (χ1) is 16.0. The van der Waals surface area contributed by atoms with Gasteiger partial charge in [-0.05, 0) is 49.2 Å². The lowest BCUT2D eigenvalue weighted by Gasteiger charge is -2.34. The van der Waals surface area contributed by atoms with Crippen LogP contribution in [0.3, 0.4) is 0 Å². The molecule has 8 heteroatoms. The third-order valence-corrected chi connectivity index (χ3v) is 7.23. The van der Waals surface area contributed by atoms with Gasteiger partial charge in [0.1, 0.15) is 4.83 Å². The van der Waals surface area contributed by atoms with Crippen LogP contribution in [0.15, 0.2) is 47.1 Å². The maximum Gasteiger partial charge on any atom is 0.264 e. The van der Waals surface area contributed by atoms with Crippen molar-refractivity contribution in [3.63, 3.8) is 0 Å². The van der Waals surface area contributed by atoms with Crippen molar-refractivity contribution < 1.29 is 9.21 Å². The molecule has 7 nitrogen and oxygen atoms in total. The fraction of sp³-hybridized carbons (Fsp3) is 0.280.